The van der Waals surface area contributed by atoms with Crippen LogP contribution in [0.4, 0.5) is 17.1 Å². The van der Waals surface area contributed by atoms with Gasteiger partial charge >= 0.3 is 0 Å². The van der Waals surface area contributed by atoms with Crippen molar-refractivity contribution in [1.82, 2.24) is 9.88 Å². The maximum absolute atomic E-state index is 14.4. The molecule has 47 heavy (non-hydrogen) atoms. The lowest BCUT2D eigenvalue weighted by molar-refractivity contribution is -0.140. The molecule has 11 heteroatoms. The van der Waals surface area contributed by atoms with Gasteiger partial charge in [0.15, 0.2) is 0 Å². The van der Waals surface area contributed by atoms with Crippen LogP contribution < -0.4 is 15.1 Å². The molecule has 2 heterocycles. The Labute approximate surface area is 282 Å². The van der Waals surface area contributed by atoms with Gasteiger partial charge in [0.2, 0.25) is 11.8 Å². The lowest BCUT2D eigenvalue weighted by Crippen LogP contribution is -2.54. The molecule has 2 aliphatic rings. The van der Waals surface area contributed by atoms with Crippen molar-refractivity contribution >= 4 is 63.5 Å². The van der Waals surface area contributed by atoms with Crippen LogP contribution in [-0.4, -0.2) is 60.1 Å². The number of para-hydroxylation sites is 1. The van der Waals surface area contributed by atoms with E-state index in [4.69, 9.17) is 16.6 Å². The molecule has 2 atom stereocenters. The topological polar surface area (TPSA) is 103 Å². The van der Waals surface area contributed by atoms with Crippen molar-refractivity contribution in [2.75, 3.05) is 35.8 Å². The lowest BCUT2D eigenvalue weighted by atomic mass is 9.86. The quantitative estimate of drug-likeness (QED) is 0.154. The van der Waals surface area contributed by atoms with Gasteiger partial charge in [-0.3, -0.25) is 24.1 Å². The number of fused-ring (bicyclic) bond motifs is 1. The number of nitrogens with zero attached hydrogens (tertiary/aromatic N) is 4. The molecular formula is C36H34ClN5O4S. The number of carbonyl (C=O) groups is 4. The number of allylic oxidation sites excluding steroid dienone is 2. The Hall–Kier alpha value is -4.80. The minimum atomic E-state index is -0.868. The van der Waals surface area contributed by atoms with Crippen LogP contribution >= 0.6 is 22.9 Å². The lowest BCUT2D eigenvalue weighted by Gasteiger charge is -2.37. The summed E-state index contributed by atoms with van der Waals surface area (Å²) in [5.74, 6) is -2.37. The zero-order valence-corrected chi connectivity index (χ0v) is 27.6. The first-order chi connectivity index (χ1) is 22.7. The van der Waals surface area contributed by atoms with Crippen LogP contribution in [0.15, 0.2) is 90.3 Å². The van der Waals surface area contributed by atoms with Crippen molar-refractivity contribution in [3.63, 3.8) is 0 Å². The standard InChI is InChI=1S/C36H34ClN5O4S/c1-40(2)27-18-16-26(17-19-27)38-35(45)33(24-8-4-3-5-9-24)42(20-31-39-29(22-47-31)23-12-14-25(37)15-13-23)32(43)21-41-30-11-7-6-10-28(30)34(44)36(41)46/h3-4,6-7,10-19,22,24,33H,5,8-9,20-21H2,1-2H3,(H,38,45). The number of hydrogen-bond acceptors (Lipinski definition) is 7. The fourth-order valence-corrected chi connectivity index (χ4v) is 6.96. The van der Waals surface area contributed by atoms with Gasteiger partial charge in [-0.25, -0.2) is 4.98 Å². The molecule has 240 valence electrons. The van der Waals surface area contributed by atoms with E-state index >= 15 is 0 Å². The first kappa shape index (κ1) is 32.2. The molecule has 1 N–H and O–H groups in total. The first-order valence-electron chi connectivity index (χ1n) is 15.4. The van der Waals surface area contributed by atoms with E-state index in [1.165, 1.54) is 21.1 Å². The molecule has 0 saturated carbocycles. The zero-order valence-electron chi connectivity index (χ0n) is 26.1. The molecule has 2 unspecified atom stereocenters. The van der Waals surface area contributed by atoms with Gasteiger partial charge in [0, 0.05) is 41.4 Å². The van der Waals surface area contributed by atoms with Crippen LogP contribution in [-0.2, 0) is 20.9 Å². The number of nitrogens with one attached hydrogen (secondary N) is 1. The fourth-order valence-electron chi connectivity index (χ4n) is 6.03. The highest BCUT2D eigenvalue weighted by atomic mass is 35.5. The number of Topliss-reactive ketones (excluding diaryl/α,β-unsaturated/α-hetero) is 1. The average molecular weight is 668 g/mol. The largest absolute Gasteiger partial charge is 0.378 e. The number of benzene rings is 3. The third-order valence-corrected chi connectivity index (χ3v) is 9.59. The number of amides is 3. The molecule has 0 spiro atoms. The summed E-state index contributed by atoms with van der Waals surface area (Å²) < 4.78 is 0. The Morgan fingerprint density at radius 3 is 2.47 bits per heavy atom. The number of rotatable bonds is 10. The highest BCUT2D eigenvalue weighted by Gasteiger charge is 2.41. The minimum absolute atomic E-state index is 0.0482. The number of aromatic nitrogens is 1. The minimum Gasteiger partial charge on any atom is -0.378 e. The fraction of sp³-hybridized carbons (Fsp3) is 0.250. The van der Waals surface area contributed by atoms with Crippen LogP contribution in [0.3, 0.4) is 0 Å². The molecule has 3 aromatic carbocycles. The molecule has 6 rings (SSSR count). The Balaban J connectivity index is 1.35. The molecule has 0 fully saturated rings. The Morgan fingerprint density at radius 2 is 1.77 bits per heavy atom. The molecule has 3 amide bonds. The normalized spacial score (nSPS) is 16.1. The molecule has 9 nitrogen and oxygen atoms in total. The van der Waals surface area contributed by atoms with Crippen LogP contribution in [0.5, 0.6) is 0 Å². The number of thiazole rings is 1. The van der Waals surface area contributed by atoms with Gasteiger partial charge in [0.05, 0.1) is 23.5 Å². The van der Waals surface area contributed by atoms with Crippen molar-refractivity contribution in [2.24, 2.45) is 5.92 Å². The maximum atomic E-state index is 14.4. The summed E-state index contributed by atoms with van der Waals surface area (Å²) in [6, 6.07) is 20.6. The van der Waals surface area contributed by atoms with Crippen LogP contribution in [0, 0.1) is 5.92 Å². The second-order valence-electron chi connectivity index (χ2n) is 11.8. The molecule has 1 aliphatic carbocycles. The summed E-state index contributed by atoms with van der Waals surface area (Å²) in [6.07, 6.45) is 6.22. The third kappa shape index (κ3) is 6.99. The summed E-state index contributed by atoms with van der Waals surface area (Å²) in [7, 11) is 3.88. The van der Waals surface area contributed by atoms with E-state index < -0.39 is 23.6 Å². The van der Waals surface area contributed by atoms with E-state index in [9.17, 15) is 19.2 Å². The predicted molar refractivity (Wildman–Crippen MR) is 186 cm³/mol. The second kappa shape index (κ2) is 13.9. The van der Waals surface area contributed by atoms with Crippen LogP contribution in [0.25, 0.3) is 11.3 Å². The molecule has 0 radical (unpaired) electrons. The van der Waals surface area contributed by atoms with Crippen LogP contribution in [0.2, 0.25) is 5.02 Å². The predicted octanol–water partition coefficient (Wildman–Crippen LogP) is 6.45. The Morgan fingerprint density at radius 1 is 1.02 bits per heavy atom. The first-order valence-corrected chi connectivity index (χ1v) is 16.6. The summed E-state index contributed by atoms with van der Waals surface area (Å²) in [5.41, 5.74) is 3.85. The second-order valence-corrected chi connectivity index (χ2v) is 13.2. The maximum Gasteiger partial charge on any atom is 0.299 e. The van der Waals surface area contributed by atoms with E-state index in [2.05, 4.69) is 11.4 Å². The van der Waals surface area contributed by atoms with E-state index in [-0.39, 0.29) is 30.5 Å². The summed E-state index contributed by atoms with van der Waals surface area (Å²) in [6.45, 7) is -0.340. The number of hydrogen-bond donors (Lipinski definition) is 1. The van der Waals surface area contributed by atoms with E-state index in [1.54, 1.807) is 36.4 Å². The average Bonchev–Trinajstić information content (AvgIpc) is 3.64. The van der Waals surface area contributed by atoms with E-state index in [0.717, 1.165) is 23.4 Å². The number of carbonyl (C=O) groups excluding carboxylic acids is 4. The van der Waals surface area contributed by atoms with Crippen molar-refractivity contribution in [3.8, 4) is 11.3 Å². The highest BCUT2D eigenvalue weighted by molar-refractivity contribution is 7.09. The van der Waals surface area contributed by atoms with Gasteiger partial charge in [-0.1, -0.05) is 48.0 Å². The number of halogens is 1. The molecule has 0 saturated heterocycles. The molecule has 0 bridgehead atoms. The van der Waals surface area contributed by atoms with Gasteiger partial charge in [-0.15, -0.1) is 11.3 Å². The van der Waals surface area contributed by atoms with Crippen molar-refractivity contribution in [1.29, 1.82) is 0 Å². The van der Waals surface area contributed by atoms with Gasteiger partial charge in [-0.2, -0.15) is 0 Å². The van der Waals surface area contributed by atoms with Gasteiger partial charge in [0.25, 0.3) is 11.7 Å². The molecule has 1 aliphatic heterocycles. The van der Waals surface area contributed by atoms with Crippen molar-refractivity contribution in [3.05, 3.63) is 106 Å². The van der Waals surface area contributed by atoms with Gasteiger partial charge < -0.3 is 15.1 Å². The van der Waals surface area contributed by atoms with Crippen molar-refractivity contribution in [2.45, 2.75) is 31.8 Å². The zero-order chi connectivity index (χ0) is 33.1. The SMILES string of the molecule is CN(C)c1ccc(NC(=O)C(C2CC=CCC2)N(Cc2nc(-c3ccc(Cl)cc3)cs2)C(=O)CN2C(=O)C(=O)c3ccccc32)cc1. The van der Waals surface area contributed by atoms with Crippen LogP contribution in [0.1, 0.15) is 34.6 Å². The summed E-state index contributed by atoms with van der Waals surface area (Å²) >= 11 is 7.48. The molecule has 1 aromatic heterocycles. The highest BCUT2D eigenvalue weighted by Crippen LogP contribution is 2.32. The summed E-state index contributed by atoms with van der Waals surface area (Å²) in [5, 5.41) is 6.20. The Bertz CT molecular complexity index is 1840. The monoisotopic (exact) mass is 667 g/mol. The van der Waals surface area contributed by atoms with Crippen molar-refractivity contribution < 1.29 is 19.2 Å². The number of ketones is 1. The van der Waals surface area contributed by atoms with Gasteiger partial charge in [-0.05, 0) is 73.7 Å². The molecule has 4 aromatic rings. The van der Waals surface area contributed by atoms with Gasteiger partial charge in [0.1, 0.15) is 17.6 Å². The Kier molecular flexibility index (Phi) is 9.51. The summed E-state index contributed by atoms with van der Waals surface area (Å²) in [4.78, 5) is 64.1. The van der Waals surface area contributed by atoms with E-state index in [0.29, 0.717) is 34.2 Å². The smallest absolute Gasteiger partial charge is 0.299 e. The third-order valence-electron chi connectivity index (χ3n) is 8.50. The number of anilines is 3. The molecular weight excluding hydrogens is 634 g/mol. The van der Waals surface area contributed by atoms with E-state index in [1.807, 2.05) is 66.8 Å².